The number of amides is 1. The molecule has 1 amide bonds. The van der Waals surface area contributed by atoms with Crippen molar-refractivity contribution in [2.45, 2.75) is 10.9 Å². The zero-order chi connectivity index (χ0) is 23.8. The SMILES string of the molecule is O=C(CN1C(C(=O)c2ccccc2)C(=O)c2ccccc2S1(=O)=O)Nc1cccc(Cl)c1Cl. The Balaban J connectivity index is 1.75. The second kappa shape index (κ2) is 9.07. The number of rotatable bonds is 5. The number of ketones is 2. The molecule has 0 saturated heterocycles. The quantitative estimate of drug-likeness (QED) is 0.418. The first kappa shape index (κ1) is 23.1. The van der Waals surface area contributed by atoms with Crippen LogP contribution in [0.15, 0.2) is 77.7 Å². The summed E-state index contributed by atoms with van der Waals surface area (Å²) in [6, 6.07) is 16.3. The summed E-state index contributed by atoms with van der Waals surface area (Å²) in [5.41, 5.74) is 0.219. The monoisotopic (exact) mass is 502 g/mol. The van der Waals surface area contributed by atoms with Crippen molar-refractivity contribution in [1.82, 2.24) is 4.31 Å². The van der Waals surface area contributed by atoms with Crippen molar-refractivity contribution in [3.05, 3.63) is 94.0 Å². The van der Waals surface area contributed by atoms with Crippen LogP contribution in [0.25, 0.3) is 0 Å². The third-order valence-electron chi connectivity index (χ3n) is 5.11. The van der Waals surface area contributed by atoms with Gasteiger partial charge in [0.2, 0.25) is 15.9 Å². The molecule has 0 saturated carbocycles. The number of hydrogen-bond acceptors (Lipinski definition) is 5. The van der Waals surface area contributed by atoms with Gasteiger partial charge in [0.05, 0.1) is 27.2 Å². The van der Waals surface area contributed by atoms with E-state index in [0.717, 1.165) is 0 Å². The lowest BCUT2D eigenvalue weighted by Gasteiger charge is -2.33. The predicted molar refractivity (Wildman–Crippen MR) is 124 cm³/mol. The van der Waals surface area contributed by atoms with Crippen LogP contribution in [-0.2, 0) is 14.8 Å². The minimum Gasteiger partial charge on any atom is -0.324 e. The number of hydrogen-bond donors (Lipinski definition) is 1. The average Bonchev–Trinajstić information content (AvgIpc) is 2.81. The highest BCUT2D eigenvalue weighted by atomic mass is 35.5. The lowest BCUT2D eigenvalue weighted by Crippen LogP contribution is -2.55. The van der Waals surface area contributed by atoms with E-state index in [0.29, 0.717) is 4.31 Å². The minimum absolute atomic E-state index is 0.0763. The van der Waals surface area contributed by atoms with Gasteiger partial charge in [-0.3, -0.25) is 14.4 Å². The second-order valence-electron chi connectivity index (χ2n) is 7.19. The van der Waals surface area contributed by atoms with Gasteiger partial charge < -0.3 is 5.32 Å². The second-order valence-corrected chi connectivity index (χ2v) is 9.84. The van der Waals surface area contributed by atoms with E-state index < -0.39 is 40.1 Å². The number of carbonyl (C=O) groups is 3. The van der Waals surface area contributed by atoms with Crippen molar-refractivity contribution in [3.8, 4) is 0 Å². The number of fused-ring (bicyclic) bond motifs is 1. The molecule has 1 atom stereocenters. The van der Waals surface area contributed by atoms with Gasteiger partial charge in [0.15, 0.2) is 17.6 Å². The number of halogens is 2. The van der Waals surface area contributed by atoms with Crippen molar-refractivity contribution in [2.24, 2.45) is 0 Å². The molecule has 0 fully saturated rings. The Labute approximate surface area is 200 Å². The minimum atomic E-state index is -4.35. The van der Waals surface area contributed by atoms with E-state index in [2.05, 4.69) is 5.32 Å². The molecule has 0 bridgehead atoms. The fourth-order valence-corrected chi connectivity index (χ4v) is 5.61. The molecular weight excluding hydrogens is 487 g/mol. The first-order valence-corrected chi connectivity index (χ1v) is 11.9. The van der Waals surface area contributed by atoms with Gasteiger partial charge in [-0.1, -0.05) is 71.7 Å². The van der Waals surface area contributed by atoms with Crippen LogP contribution in [0.2, 0.25) is 10.0 Å². The van der Waals surface area contributed by atoms with Crippen molar-refractivity contribution >= 4 is 56.4 Å². The van der Waals surface area contributed by atoms with Gasteiger partial charge in [-0.15, -0.1) is 0 Å². The molecule has 1 unspecified atom stereocenters. The molecule has 1 heterocycles. The Morgan fingerprint density at radius 1 is 0.909 bits per heavy atom. The lowest BCUT2D eigenvalue weighted by molar-refractivity contribution is -0.116. The fraction of sp³-hybridized carbons (Fsp3) is 0.0870. The first-order valence-electron chi connectivity index (χ1n) is 9.70. The highest BCUT2D eigenvalue weighted by molar-refractivity contribution is 7.89. The Kier molecular flexibility index (Phi) is 6.36. The number of benzene rings is 3. The summed E-state index contributed by atoms with van der Waals surface area (Å²) in [4.78, 5) is 39.1. The third-order valence-corrected chi connectivity index (χ3v) is 7.80. The van der Waals surface area contributed by atoms with Crippen LogP contribution in [0.5, 0.6) is 0 Å². The maximum absolute atomic E-state index is 13.4. The number of carbonyl (C=O) groups excluding carboxylic acids is 3. The highest BCUT2D eigenvalue weighted by Gasteiger charge is 2.48. The van der Waals surface area contributed by atoms with Gasteiger partial charge in [0.1, 0.15) is 0 Å². The number of anilines is 1. The largest absolute Gasteiger partial charge is 0.324 e. The molecule has 0 aliphatic carbocycles. The zero-order valence-corrected chi connectivity index (χ0v) is 19.2. The Bertz CT molecular complexity index is 1380. The molecule has 7 nitrogen and oxygen atoms in total. The Hall–Kier alpha value is -3.04. The van der Waals surface area contributed by atoms with Crippen molar-refractivity contribution in [2.75, 3.05) is 11.9 Å². The summed E-state index contributed by atoms with van der Waals surface area (Å²) in [7, 11) is -4.35. The maximum atomic E-state index is 13.4. The van der Waals surface area contributed by atoms with Gasteiger partial charge in [-0.25, -0.2) is 8.42 Å². The van der Waals surface area contributed by atoms with Gasteiger partial charge >= 0.3 is 0 Å². The molecule has 0 aromatic heterocycles. The molecule has 0 radical (unpaired) electrons. The van der Waals surface area contributed by atoms with Crippen LogP contribution >= 0.6 is 23.2 Å². The van der Waals surface area contributed by atoms with Crippen LogP contribution in [0, 0.1) is 0 Å². The van der Waals surface area contributed by atoms with E-state index in [1.165, 1.54) is 48.5 Å². The molecule has 1 N–H and O–H groups in total. The van der Waals surface area contributed by atoms with Gasteiger partial charge in [0.25, 0.3) is 0 Å². The Morgan fingerprint density at radius 2 is 1.58 bits per heavy atom. The van der Waals surface area contributed by atoms with E-state index in [-0.39, 0.29) is 31.8 Å². The maximum Gasteiger partial charge on any atom is 0.245 e. The lowest BCUT2D eigenvalue weighted by atomic mass is 9.96. The summed E-state index contributed by atoms with van der Waals surface area (Å²) >= 11 is 12.1. The molecule has 3 aromatic carbocycles. The highest BCUT2D eigenvalue weighted by Crippen LogP contribution is 2.32. The molecule has 0 spiro atoms. The first-order chi connectivity index (χ1) is 15.7. The predicted octanol–water partition coefficient (Wildman–Crippen LogP) is 4.07. The summed E-state index contributed by atoms with van der Waals surface area (Å²) in [6.45, 7) is -0.783. The number of nitrogens with zero attached hydrogens (tertiary/aromatic N) is 1. The molecule has 1 aliphatic heterocycles. The van der Waals surface area contributed by atoms with E-state index in [4.69, 9.17) is 23.2 Å². The van der Waals surface area contributed by atoms with Gasteiger partial charge in [-0.2, -0.15) is 4.31 Å². The molecule has 33 heavy (non-hydrogen) atoms. The summed E-state index contributed by atoms with van der Waals surface area (Å²) < 4.78 is 27.4. The van der Waals surface area contributed by atoms with Crippen LogP contribution in [-0.4, -0.2) is 42.8 Å². The van der Waals surface area contributed by atoms with E-state index in [9.17, 15) is 22.8 Å². The molecule has 1 aliphatic rings. The topological polar surface area (TPSA) is 101 Å². The standard InChI is InChI=1S/C23H16Cl2N2O5S/c24-16-10-6-11-17(20(16)25)26-19(28)13-27-21(22(29)14-7-2-1-3-8-14)23(30)15-9-4-5-12-18(15)33(27,31)32/h1-12,21H,13H2,(H,26,28). The van der Waals surface area contributed by atoms with E-state index >= 15 is 0 Å². The molecule has 10 heteroatoms. The molecule has 168 valence electrons. The fourth-order valence-electron chi connectivity index (χ4n) is 3.56. The van der Waals surface area contributed by atoms with Crippen molar-refractivity contribution in [1.29, 1.82) is 0 Å². The van der Waals surface area contributed by atoms with E-state index in [1.54, 1.807) is 24.3 Å². The van der Waals surface area contributed by atoms with E-state index in [1.807, 2.05) is 0 Å². The number of nitrogens with one attached hydrogen (secondary N) is 1. The summed E-state index contributed by atoms with van der Waals surface area (Å²) in [5.74, 6) is -2.23. The molecule has 3 aromatic rings. The Morgan fingerprint density at radius 3 is 2.30 bits per heavy atom. The van der Waals surface area contributed by atoms with Crippen LogP contribution < -0.4 is 5.32 Å². The zero-order valence-electron chi connectivity index (χ0n) is 16.9. The summed E-state index contributed by atoms with van der Waals surface area (Å²) in [5, 5.41) is 2.76. The van der Waals surface area contributed by atoms with Crippen LogP contribution in [0.4, 0.5) is 5.69 Å². The third kappa shape index (κ3) is 4.30. The number of Topliss-reactive ketones (excluding diaryl/α,β-unsaturated/α-hetero) is 2. The number of sulfonamides is 1. The smallest absolute Gasteiger partial charge is 0.245 e. The summed E-state index contributed by atoms with van der Waals surface area (Å²) in [6.07, 6.45) is 0. The van der Waals surface area contributed by atoms with Crippen LogP contribution in [0.1, 0.15) is 20.7 Å². The van der Waals surface area contributed by atoms with Gasteiger partial charge in [0, 0.05) is 11.1 Å². The normalized spacial score (nSPS) is 17.3. The van der Waals surface area contributed by atoms with Crippen molar-refractivity contribution < 1.29 is 22.8 Å². The van der Waals surface area contributed by atoms with Crippen molar-refractivity contribution in [3.63, 3.8) is 0 Å². The van der Waals surface area contributed by atoms with Gasteiger partial charge in [-0.05, 0) is 24.3 Å². The molecule has 4 rings (SSSR count). The van der Waals surface area contributed by atoms with Crippen LogP contribution in [0.3, 0.4) is 0 Å². The molecular formula is C23H16Cl2N2O5S. The average molecular weight is 503 g/mol.